The van der Waals surface area contributed by atoms with Crippen molar-refractivity contribution in [1.82, 2.24) is 31.1 Å². The highest BCUT2D eigenvalue weighted by atomic mass is 16.6. The predicted octanol–water partition coefficient (Wildman–Crippen LogP) is 4.55. The first-order valence-corrected chi connectivity index (χ1v) is 18.8. The Kier molecular flexibility index (Phi) is 16.9. The number of carbonyl (C=O) groups excluding carboxylic acids is 6. The Hall–Kier alpha value is -3.64. The van der Waals surface area contributed by atoms with Gasteiger partial charge in [0, 0.05) is 26.2 Å². The number of cyclic esters (lactones) is 1. The minimum atomic E-state index is -1.04. The van der Waals surface area contributed by atoms with E-state index in [0.29, 0.717) is 51.8 Å². The van der Waals surface area contributed by atoms with E-state index in [1.165, 1.54) is 6.08 Å². The lowest BCUT2D eigenvalue weighted by Gasteiger charge is -2.39. The lowest BCUT2D eigenvalue weighted by atomic mass is 9.84. The third kappa shape index (κ3) is 13.4. The number of Topliss-reactive ketones (excluding diaryl/α,β-unsaturated/α-hetero) is 1. The van der Waals surface area contributed by atoms with Crippen molar-refractivity contribution in [3.63, 3.8) is 0 Å². The van der Waals surface area contributed by atoms with E-state index in [0.717, 1.165) is 19.3 Å². The Balaban J connectivity index is 2.35. The molecule has 0 bridgehead atoms. The van der Waals surface area contributed by atoms with Gasteiger partial charge in [0.2, 0.25) is 17.6 Å². The van der Waals surface area contributed by atoms with Gasteiger partial charge in [0.15, 0.2) is 0 Å². The van der Waals surface area contributed by atoms with Crippen molar-refractivity contribution in [3.05, 3.63) is 12.7 Å². The Bertz CT molecular complexity index is 1220. The average Bonchev–Trinajstić information content (AvgIpc) is 3.45. The molecule has 0 aliphatic carbocycles. The van der Waals surface area contributed by atoms with Gasteiger partial charge in [0.25, 0.3) is 5.91 Å². The molecule has 0 aromatic heterocycles. The zero-order chi connectivity index (χ0) is 38.5. The Morgan fingerprint density at radius 2 is 1.65 bits per heavy atom. The van der Waals surface area contributed by atoms with E-state index in [1.807, 2.05) is 41.5 Å². The van der Waals surface area contributed by atoms with Crippen LogP contribution in [0.2, 0.25) is 0 Å². The minimum Gasteiger partial charge on any atom is -0.449 e. The van der Waals surface area contributed by atoms with Crippen LogP contribution in [0.25, 0.3) is 0 Å². The molecule has 2 heterocycles. The molecule has 5 atom stereocenters. The zero-order valence-corrected chi connectivity index (χ0v) is 32.7. The monoisotopic (exact) mass is 718 g/mol. The van der Waals surface area contributed by atoms with Gasteiger partial charge in [0.05, 0.1) is 18.7 Å². The number of nitrogens with zero attached hydrogens (tertiary/aromatic N) is 2. The number of carbonyl (C=O) groups is 6. The zero-order valence-electron chi connectivity index (χ0n) is 32.7. The number of hydrogen-bond donors (Lipinski definition) is 4. The van der Waals surface area contributed by atoms with E-state index < -0.39 is 70.6 Å². The molecule has 2 saturated heterocycles. The molecule has 0 spiro atoms. The molecule has 0 radical (unpaired) electrons. The van der Waals surface area contributed by atoms with Gasteiger partial charge in [-0.3, -0.25) is 19.2 Å². The van der Waals surface area contributed by atoms with Gasteiger partial charge < -0.3 is 35.8 Å². The Morgan fingerprint density at radius 1 is 0.961 bits per heavy atom. The molecule has 1 unspecified atom stereocenters. The highest BCUT2D eigenvalue weighted by Gasteiger charge is 2.47. The van der Waals surface area contributed by atoms with Crippen molar-refractivity contribution < 1.29 is 33.5 Å². The lowest BCUT2D eigenvalue weighted by molar-refractivity contribution is -0.144. The smallest absolute Gasteiger partial charge is 0.409 e. The van der Waals surface area contributed by atoms with Crippen LogP contribution in [-0.2, 0) is 23.9 Å². The molecule has 4 N–H and O–H groups in total. The third-order valence-electron chi connectivity index (χ3n) is 9.66. The van der Waals surface area contributed by atoms with Crippen LogP contribution >= 0.6 is 0 Å². The van der Waals surface area contributed by atoms with Crippen LogP contribution in [0.1, 0.15) is 114 Å². The molecule has 2 fully saturated rings. The molecule has 0 aromatic rings. The summed E-state index contributed by atoms with van der Waals surface area (Å²) in [5.74, 6) is -2.33. The summed E-state index contributed by atoms with van der Waals surface area (Å²) in [5, 5.41) is 11.3. The summed E-state index contributed by atoms with van der Waals surface area (Å²) in [6.07, 6.45) is 6.79. The topological polar surface area (TPSA) is 166 Å². The SMILES string of the molecule is C=CCNC(=O)C(=O)C(CCCCCC)NC(=O)[C@@H]1[C@@H](CC(C)C)CCN1C(=O)[C@@H](NC(=O)N[C@H](CN1CCCOC1=O)C(C)(C)C)C(C)(C)C. The predicted molar refractivity (Wildman–Crippen MR) is 198 cm³/mol. The quantitative estimate of drug-likeness (QED) is 0.0917. The molecule has 2 aliphatic rings. The summed E-state index contributed by atoms with van der Waals surface area (Å²) in [6.45, 7) is 22.8. The maximum atomic E-state index is 14.5. The van der Waals surface area contributed by atoms with Crippen molar-refractivity contribution in [2.45, 2.75) is 138 Å². The van der Waals surface area contributed by atoms with Crippen LogP contribution in [-0.4, -0.2) is 102 Å². The van der Waals surface area contributed by atoms with Crippen molar-refractivity contribution in [2.24, 2.45) is 22.7 Å². The van der Waals surface area contributed by atoms with Gasteiger partial charge in [-0.2, -0.15) is 0 Å². The van der Waals surface area contributed by atoms with Gasteiger partial charge >= 0.3 is 12.1 Å². The van der Waals surface area contributed by atoms with Gasteiger partial charge in [-0.05, 0) is 48.3 Å². The number of likely N-dealkylation sites (tertiary alicyclic amines) is 1. The molecule has 6 amide bonds. The summed E-state index contributed by atoms with van der Waals surface area (Å²) in [5.41, 5.74) is -1.16. The first kappa shape index (κ1) is 43.5. The first-order chi connectivity index (χ1) is 23.8. The van der Waals surface area contributed by atoms with Crippen molar-refractivity contribution >= 4 is 35.6 Å². The number of amides is 6. The summed E-state index contributed by atoms with van der Waals surface area (Å²) < 4.78 is 5.20. The van der Waals surface area contributed by atoms with Crippen LogP contribution in [0.15, 0.2) is 12.7 Å². The largest absolute Gasteiger partial charge is 0.449 e. The summed E-state index contributed by atoms with van der Waals surface area (Å²) in [6, 6.07) is -3.93. The number of urea groups is 1. The van der Waals surface area contributed by atoms with Gasteiger partial charge in [-0.15, -0.1) is 6.58 Å². The minimum absolute atomic E-state index is 0.124. The van der Waals surface area contributed by atoms with Crippen LogP contribution < -0.4 is 21.3 Å². The maximum absolute atomic E-state index is 14.5. The molecule has 51 heavy (non-hydrogen) atoms. The molecule has 290 valence electrons. The first-order valence-electron chi connectivity index (χ1n) is 18.8. The normalized spacial score (nSPS) is 19.8. The fourth-order valence-corrected chi connectivity index (χ4v) is 6.69. The van der Waals surface area contributed by atoms with Crippen molar-refractivity contribution in [3.8, 4) is 0 Å². The number of ether oxygens (including phenoxy) is 1. The molecule has 13 nitrogen and oxygen atoms in total. The van der Waals surface area contributed by atoms with Crippen LogP contribution in [0, 0.1) is 22.7 Å². The number of hydrogen-bond acceptors (Lipinski definition) is 7. The van der Waals surface area contributed by atoms with Crippen LogP contribution in [0.3, 0.4) is 0 Å². The van der Waals surface area contributed by atoms with E-state index in [4.69, 9.17) is 4.74 Å². The second-order valence-corrected chi connectivity index (χ2v) is 16.7. The molecule has 13 heteroatoms. The second-order valence-electron chi connectivity index (χ2n) is 16.7. The maximum Gasteiger partial charge on any atom is 0.409 e. The molecule has 0 aromatic carbocycles. The number of unbranched alkanes of at least 4 members (excludes halogenated alkanes) is 3. The van der Waals surface area contributed by atoms with E-state index in [1.54, 1.807) is 9.80 Å². The lowest BCUT2D eigenvalue weighted by Crippen LogP contribution is -2.62. The molecular formula is C38H66N6O7. The highest BCUT2D eigenvalue weighted by molar-refractivity contribution is 6.38. The van der Waals surface area contributed by atoms with E-state index in [9.17, 15) is 28.8 Å². The molecule has 2 rings (SSSR count). The number of nitrogens with one attached hydrogen (secondary N) is 4. The Morgan fingerprint density at radius 3 is 2.22 bits per heavy atom. The fraction of sp³-hybridized carbons (Fsp3) is 0.789. The fourth-order valence-electron chi connectivity index (χ4n) is 6.69. The summed E-state index contributed by atoms with van der Waals surface area (Å²) in [7, 11) is 0. The van der Waals surface area contributed by atoms with Gasteiger partial charge in [0.1, 0.15) is 12.1 Å². The summed E-state index contributed by atoms with van der Waals surface area (Å²) >= 11 is 0. The second kappa shape index (κ2) is 19.8. The number of rotatable bonds is 18. The standard InChI is InChI=1S/C38H66N6O7/c1-11-13-14-15-17-27(30(45)33(47)39-19-12-2)40-32(46)29-26(23-25(3)4)18-21-44(29)34(48)31(38(8,9)10)42-35(49)41-28(37(5,6)7)24-43-20-16-22-51-36(43)50/h12,25-29,31H,2,11,13-24H2,1,3-10H3,(H,39,47)(H,40,46)(H2,41,42,49)/t26-,27?,28-,29+,31-/m1/s1. The average molecular weight is 719 g/mol. The summed E-state index contributed by atoms with van der Waals surface area (Å²) in [4.78, 5) is 83.8. The van der Waals surface area contributed by atoms with Crippen molar-refractivity contribution in [1.29, 1.82) is 0 Å². The third-order valence-corrected chi connectivity index (χ3v) is 9.66. The van der Waals surface area contributed by atoms with E-state index in [-0.39, 0.29) is 24.9 Å². The Labute approximate surface area is 305 Å². The van der Waals surface area contributed by atoms with Gasteiger partial charge in [-0.25, -0.2) is 9.59 Å². The highest BCUT2D eigenvalue weighted by Crippen LogP contribution is 2.33. The van der Waals surface area contributed by atoms with Gasteiger partial charge in [-0.1, -0.05) is 94.1 Å². The van der Waals surface area contributed by atoms with Crippen molar-refractivity contribution in [2.75, 3.05) is 32.8 Å². The molecular weight excluding hydrogens is 652 g/mol. The van der Waals surface area contributed by atoms with E-state index >= 15 is 0 Å². The number of ketones is 1. The van der Waals surface area contributed by atoms with Crippen LogP contribution in [0.4, 0.5) is 9.59 Å². The van der Waals surface area contributed by atoms with E-state index in [2.05, 4.69) is 48.6 Å². The van der Waals surface area contributed by atoms with Crippen LogP contribution in [0.5, 0.6) is 0 Å². The molecule has 2 aliphatic heterocycles. The molecule has 0 saturated carbocycles.